The van der Waals surface area contributed by atoms with Gasteiger partial charge in [-0.15, -0.1) is 0 Å². The van der Waals surface area contributed by atoms with E-state index in [1.54, 1.807) is 24.3 Å². The van der Waals surface area contributed by atoms with Crippen LogP contribution in [-0.2, 0) is 11.3 Å². The summed E-state index contributed by atoms with van der Waals surface area (Å²) in [5.74, 6) is 0.229. The molecule has 3 N–H and O–H groups in total. The largest absolute Gasteiger partial charge is 0.508 e. The van der Waals surface area contributed by atoms with Crippen molar-refractivity contribution >= 4 is 0 Å². The molecule has 0 aliphatic carbocycles. The molecule has 19 heavy (non-hydrogen) atoms. The second-order valence-electron chi connectivity index (χ2n) is 4.71. The van der Waals surface area contributed by atoms with Crippen molar-refractivity contribution in [2.45, 2.75) is 51.4 Å². The van der Waals surface area contributed by atoms with Crippen LogP contribution in [0.1, 0.15) is 44.1 Å². The standard InChI is InChI=1S/C15H24O4/c16-11-5-3-1-2-4-6-15(18)19-12-13-7-9-14(17)10-8-13/h7-10,15-18H,1-6,11-12H2. The minimum absolute atomic E-state index is 0.229. The lowest BCUT2D eigenvalue weighted by molar-refractivity contribution is -0.112. The van der Waals surface area contributed by atoms with Gasteiger partial charge < -0.3 is 20.1 Å². The maximum absolute atomic E-state index is 9.66. The van der Waals surface area contributed by atoms with Crippen molar-refractivity contribution in [2.24, 2.45) is 0 Å². The van der Waals surface area contributed by atoms with E-state index in [1.165, 1.54) is 0 Å². The first-order chi connectivity index (χ1) is 9.22. The number of ether oxygens (including phenoxy) is 1. The Morgan fingerprint density at radius 1 is 0.947 bits per heavy atom. The Balaban J connectivity index is 2.04. The van der Waals surface area contributed by atoms with Crippen molar-refractivity contribution in [1.82, 2.24) is 0 Å². The Morgan fingerprint density at radius 2 is 1.58 bits per heavy atom. The van der Waals surface area contributed by atoms with Gasteiger partial charge in [0.1, 0.15) is 5.75 Å². The summed E-state index contributed by atoms with van der Waals surface area (Å²) in [6.07, 6.45) is 4.89. The van der Waals surface area contributed by atoms with Crippen LogP contribution in [0.3, 0.4) is 0 Å². The third-order valence-electron chi connectivity index (χ3n) is 2.99. The highest BCUT2D eigenvalue weighted by molar-refractivity contribution is 5.25. The molecule has 0 radical (unpaired) electrons. The number of benzene rings is 1. The topological polar surface area (TPSA) is 69.9 Å². The van der Waals surface area contributed by atoms with Gasteiger partial charge in [-0.3, -0.25) is 0 Å². The van der Waals surface area contributed by atoms with Crippen LogP contribution in [0.5, 0.6) is 5.75 Å². The highest BCUT2D eigenvalue weighted by atomic mass is 16.6. The molecule has 4 heteroatoms. The molecule has 0 fully saturated rings. The fourth-order valence-corrected chi connectivity index (χ4v) is 1.83. The van der Waals surface area contributed by atoms with E-state index >= 15 is 0 Å². The summed E-state index contributed by atoms with van der Waals surface area (Å²) in [6.45, 7) is 0.615. The van der Waals surface area contributed by atoms with E-state index in [9.17, 15) is 5.11 Å². The van der Waals surface area contributed by atoms with Gasteiger partial charge >= 0.3 is 0 Å². The number of aliphatic hydroxyl groups excluding tert-OH is 2. The first-order valence-corrected chi connectivity index (χ1v) is 6.91. The van der Waals surface area contributed by atoms with E-state index < -0.39 is 6.29 Å². The van der Waals surface area contributed by atoms with Crippen molar-refractivity contribution in [3.05, 3.63) is 29.8 Å². The van der Waals surface area contributed by atoms with Crippen LogP contribution >= 0.6 is 0 Å². The summed E-state index contributed by atoms with van der Waals surface area (Å²) in [4.78, 5) is 0. The number of phenolic OH excluding ortho intramolecular Hbond substituents is 1. The monoisotopic (exact) mass is 268 g/mol. The molecule has 0 aromatic heterocycles. The molecule has 4 nitrogen and oxygen atoms in total. The number of aromatic hydroxyl groups is 1. The lowest BCUT2D eigenvalue weighted by Gasteiger charge is -2.12. The Bertz CT molecular complexity index is 323. The molecule has 0 bridgehead atoms. The lowest BCUT2D eigenvalue weighted by atomic mass is 10.1. The second-order valence-corrected chi connectivity index (χ2v) is 4.71. The number of hydrogen-bond acceptors (Lipinski definition) is 4. The van der Waals surface area contributed by atoms with Gasteiger partial charge in [0, 0.05) is 6.61 Å². The quantitative estimate of drug-likeness (QED) is 0.450. The predicted molar refractivity (Wildman–Crippen MR) is 73.7 cm³/mol. The van der Waals surface area contributed by atoms with E-state index in [1.807, 2.05) is 0 Å². The smallest absolute Gasteiger partial charge is 0.154 e. The molecule has 0 saturated carbocycles. The highest BCUT2D eigenvalue weighted by Crippen LogP contribution is 2.13. The van der Waals surface area contributed by atoms with Gasteiger partial charge in [-0.1, -0.05) is 31.4 Å². The van der Waals surface area contributed by atoms with Gasteiger partial charge in [0.2, 0.25) is 0 Å². The minimum Gasteiger partial charge on any atom is -0.508 e. The van der Waals surface area contributed by atoms with Gasteiger partial charge in [-0.2, -0.15) is 0 Å². The van der Waals surface area contributed by atoms with Crippen LogP contribution < -0.4 is 0 Å². The predicted octanol–water partition coefficient (Wildman–Crippen LogP) is 2.56. The number of phenols is 1. The first-order valence-electron chi connectivity index (χ1n) is 6.91. The van der Waals surface area contributed by atoms with Crippen LogP contribution in [0.25, 0.3) is 0 Å². The van der Waals surface area contributed by atoms with Crippen LogP contribution in [0.15, 0.2) is 24.3 Å². The van der Waals surface area contributed by atoms with Gasteiger partial charge in [-0.05, 0) is 37.0 Å². The molecule has 1 atom stereocenters. The number of aliphatic hydroxyl groups is 2. The Labute approximate surface area is 114 Å². The van der Waals surface area contributed by atoms with Crippen LogP contribution in [-0.4, -0.2) is 28.2 Å². The lowest BCUT2D eigenvalue weighted by Crippen LogP contribution is -2.11. The fraction of sp³-hybridized carbons (Fsp3) is 0.600. The summed E-state index contributed by atoms with van der Waals surface area (Å²) >= 11 is 0. The fourth-order valence-electron chi connectivity index (χ4n) is 1.83. The zero-order valence-electron chi connectivity index (χ0n) is 11.3. The molecular weight excluding hydrogens is 244 g/mol. The van der Waals surface area contributed by atoms with E-state index in [4.69, 9.17) is 14.9 Å². The van der Waals surface area contributed by atoms with Crippen molar-refractivity contribution in [1.29, 1.82) is 0 Å². The molecule has 0 amide bonds. The third kappa shape index (κ3) is 7.82. The maximum atomic E-state index is 9.66. The van der Waals surface area contributed by atoms with Gasteiger partial charge in [0.05, 0.1) is 6.61 Å². The Hall–Kier alpha value is -1.10. The minimum atomic E-state index is -0.730. The highest BCUT2D eigenvalue weighted by Gasteiger charge is 2.04. The van der Waals surface area contributed by atoms with Crippen LogP contribution in [0, 0.1) is 0 Å². The van der Waals surface area contributed by atoms with Crippen molar-refractivity contribution in [3.8, 4) is 5.75 Å². The molecule has 1 rings (SSSR count). The zero-order chi connectivity index (χ0) is 13.9. The summed E-state index contributed by atoms with van der Waals surface area (Å²) in [7, 11) is 0. The molecule has 1 aromatic rings. The molecule has 108 valence electrons. The van der Waals surface area contributed by atoms with Gasteiger partial charge in [-0.25, -0.2) is 0 Å². The van der Waals surface area contributed by atoms with Crippen LogP contribution in [0.2, 0.25) is 0 Å². The third-order valence-corrected chi connectivity index (χ3v) is 2.99. The second kappa shape index (κ2) is 9.78. The van der Waals surface area contributed by atoms with Crippen molar-refractivity contribution in [3.63, 3.8) is 0 Å². The van der Waals surface area contributed by atoms with E-state index in [2.05, 4.69) is 0 Å². The number of hydrogen-bond donors (Lipinski definition) is 3. The molecule has 0 saturated heterocycles. The SMILES string of the molecule is OCCCCCCCC(O)OCc1ccc(O)cc1. The average molecular weight is 268 g/mol. The molecule has 0 aliphatic heterocycles. The summed E-state index contributed by atoms with van der Waals surface area (Å²) in [5, 5.41) is 27.4. The molecule has 1 aromatic carbocycles. The van der Waals surface area contributed by atoms with Crippen molar-refractivity contribution in [2.75, 3.05) is 6.61 Å². The van der Waals surface area contributed by atoms with Gasteiger partial charge in [0.15, 0.2) is 6.29 Å². The van der Waals surface area contributed by atoms with E-state index in [0.717, 1.165) is 37.7 Å². The number of unbranched alkanes of at least 4 members (excludes halogenated alkanes) is 4. The Morgan fingerprint density at radius 3 is 2.26 bits per heavy atom. The summed E-state index contributed by atoms with van der Waals surface area (Å²) < 4.78 is 5.33. The summed E-state index contributed by atoms with van der Waals surface area (Å²) in [5.41, 5.74) is 0.930. The van der Waals surface area contributed by atoms with E-state index in [-0.39, 0.29) is 12.4 Å². The summed E-state index contributed by atoms with van der Waals surface area (Å²) in [6, 6.07) is 6.76. The number of rotatable bonds is 10. The zero-order valence-corrected chi connectivity index (χ0v) is 11.3. The average Bonchev–Trinajstić information content (AvgIpc) is 2.42. The molecule has 0 spiro atoms. The first kappa shape index (κ1) is 16.0. The maximum Gasteiger partial charge on any atom is 0.154 e. The van der Waals surface area contributed by atoms with Crippen LogP contribution in [0.4, 0.5) is 0 Å². The Kier molecular flexibility index (Phi) is 8.21. The molecule has 0 heterocycles. The molecule has 0 aliphatic rings. The van der Waals surface area contributed by atoms with Gasteiger partial charge in [0.25, 0.3) is 0 Å². The normalized spacial score (nSPS) is 12.5. The molecular formula is C15H24O4. The van der Waals surface area contributed by atoms with Crippen molar-refractivity contribution < 1.29 is 20.1 Å². The van der Waals surface area contributed by atoms with E-state index in [0.29, 0.717) is 13.0 Å². The molecule has 1 unspecified atom stereocenters.